The number of carbonyl (C=O) groups excluding carboxylic acids is 2. The van der Waals surface area contributed by atoms with Gasteiger partial charge in [-0.3, -0.25) is 19.7 Å². The van der Waals surface area contributed by atoms with Crippen molar-refractivity contribution < 1.29 is 24.0 Å². The maximum atomic E-state index is 13.2. The second-order valence-corrected chi connectivity index (χ2v) is 7.99. The van der Waals surface area contributed by atoms with E-state index in [1.165, 1.54) is 38.3 Å². The van der Waals surface area contributed by atoms with Crippen molar-refractivity contribution in [3.63, 3.8) is 0 Å². The molecule has 9 nitrogen and oxygen atoms in total. The predicted octanol–water partition coefficient (Wildman–Crippen LogP) is 3.24. The number of rotatable bonds is 5. The number of methoxy groups -OCH3 is 2. The first-order valence-corrected chi connectivity index (χ1v) is 10.2. The van der Waals surface area contributed by atoms with Gasteiger partial charge in [0.15, 0.2) is 11.2 Å². The molecule has 4 atom stereocenters. The van der Waals surface area contributed by atoms with E-state index in [1.54, 1.807) is 36.3 Å². The number of hydrogen-bond donors (Lipinski definition) is 0. The molecule has 2 heterocycles. The molecule has 2 aliphatic heterocycles. The Morgan fingerprint density at radius 3 is 2.42 bits per heavy atom. The SMILES string of the molecule is COC(=O)[C@]1(C#N)C2C=Cc3cc(OC)ccc3N2[C@H](C(C)=O)[C@H]1c1ccc([N+](=O)[O-])cc1. The first kappa shape index (κ1) is 22.0. The highest BCUT2D eigenvalue weighted by Gasteiger charge is 2.66. The van der Waals surface area contributed by atoms with Gasteiger partial charge in [0.1, 0.15) is 5.75 Å². The van der Waals surface area contributed by atoms with Crippen LogP contribution in [0.25, 0.3) is 6.08 Å². The Kier molecular flexibility index (Phi) is 5.38. The summed E-state index contributed by atoms with van der Waals surface area (Å²) in [4.78, 5) is 38.6. The molecule has 0 aliphatic carbocycles. The van der Waals surface area contributed by atoms with E-state index < -0.39 is 34.3 Å². The second-order valence-electron chi connectivity index (χ2n) is 7.99. The molecule has 0 amide bonds. The first-order valence-electron chi connectivity index (χ1n) is 10.2. The molecule has 2 aromatic carbocycles. The van der Waals surface area contributed by atoms with Crippen molar-refractivity contribution in [2.45, 2.75) is 24.9 Å². The van der Waals surface area contributed by atoms with E-state index in [1.807, 2.05) is 6.07 Å². The monoisotopic (exact) mass is 447 g/mol. The molecule has 168 valence electrons. The maximum Gasteiger partial charge on any atom is 0.329 e. The van der Waals surface area contributed by atoms with Crippen molar-refractivity contribution >= 4 is 29.2 Å². The number of hydrogen-bond acceptors (Lipinski definition) is 8. The lowest BCUT2D eigenvalue weighted by Crippen LogP contribution is -2.46. The van der Waals surface area contributed by atoms with Crippen molar-refractivity contribution in [3.8, 4) is 11.8 Å². The van der Waals surface area contributed by atoms with E-state index in [0.717, 1.165) is 5.56 Å². The normalized spacial score (nSPS) is 24.9. The van der Waals surface area contributed by atoms with Gasteiger partial charge < -0.3 is 14.4 Å². The average Bonchev–Trinajstić information content (AvgIpc) is 3.14. The fraction of sp³-hybridized carbons (Fsp3) is 0.292. The van der Waals surface area contributed by atoms with Crippen LogP contribution in [0.5, 0.6) is 5.75 Å². The molecule has 0 aromatic heterocycles. The molecule has 9 heteroatoms. The Morgan fingerprint density at radius 1 is 1.18 bits per heavy atom. The molecular formula is C24H21N3O6. The summed E-state index contributed by atoms with van der Waals surface area (Å²) in [6.07, 6.45) is 3.52. The Morgan fingerprint density at radius 2 is 1.88 bits per heavy atom. The van der Waals surface area contributed by atoms with Gasteiger partial charge in [-0.15, -0.1) is 0 Å². The third-order valence-corrected chi connectivity index (χ3v) is 6.43. The van der Waals surface area contributed by atoms with Crippen LogP contribution in [-0.2, 0) is 14.3 Å². The summed E-state index contributed by atoms with van der Waals surface area (Å²) < 4.78 is 10.4. The largest absolute Gasteiger partial charge is 0.497 e. The third kappa shape index (κ3) is 3.14. The van der Waals surface area contributed by atoms with Gasteiger partial charge in [0.2, 0.25) is 0 Å². The standard InChI is InChI=1S/C24H21N3O6/c1-14(28)22-21(15-4-7-17(8-5-15)27(30)31)24(13-25,23(29)33-3)20-11-6-16-12-18(32-2)9-10-19(16)26(20)22/h4-12,20-22H,1-3H3/t20?,21-,22-,24-/m1/s1. The number of Topliss-reactive ketones (excluding diaryl/α,β-unsaturated/α-hetero) is 1. The summed E-state index contributed by atoms with van der Waals surface area (Å²) in [5, 5.41) is 21.5. The van der Waals surface area contributed by atoms with Gasteiger partial charge >= 0.3 is 5.97 Å². The first-order chi connectivity index (χ1) is 15.8. The van der Waals surface area contributed by atoms with Gasteiger partial charge in [-0.2, -0.15) is 5.26 Å². The van der Waals surface area contributed by atoms with Crippen LogP contribution >= 0.6 is 0 Å². The number of nitro groups is 1. The predicted molar refractivity (Wildman–Crippen MR) is 119 cm³/mol. The molecular weight excluding hydrogens is 426 g/mol. The molecule has 0 saturated carbocycles. The minimum absolute atomic E-state index is 0.133. The van der Waals surface area contributed by atoms with E-state index in [-0.39, 0.29) is 11.5 Å². The summed E-state index contributed by atoms with van der Waals surface area (Å²) in [5.74, 6) is -1.31. The van der Waals surface area contributed by atoms with Crippen molar-refractivity contribution in [2.75, 3.05) is 19.1 Å². The van der Waals surface area contributed by atoms with Crippen molar-refractivity contribution in [3.05, 3.63) is 69.8 Å². The summed E-state index contributed by atoms with van der Waals surface area (Å²) in [5.41, 5.74) is 0.0294. The summed E-state index contributed by atoms with van der Waals surface area (Å²) in [6.45, 7) is 1.41. The molecule has 0 bridgehead atoms. The quantitative estimate of drug-likeness (QED) is 0.389. The zero-order valence-corrected chi connectivity index (χ0v) is 18.2. The number of ether oxygens (including phenoxy) is 2. The lowest BCUT2D eigenvalue weighted by Gasteiger charge is -2.36. The van der Waals surface area contributed by atoms with Gasteiger partial charge in [0.05, 0.1) is 37.3 Å². The Labute approximate surface area is 190 Å². The zero-order chi connectivity index (χ0) is 23.9. The van der Waals surface area contributed by atoms with Crippen LogP contribution in [0.1, 0.15) is 24.0 Å². The Hall–Kier alpha value is -4.19. The molecule has 1 fully saturated rings. The average molecular weight is 447 g/mol. The number of benzene rings is 2. The van der Waals surface area contributed by atoms with E-state index >= 15 is 0 Å². The van der Waals surface area contributed by atoms with Gasteiger partial charge in [-0.1, -0.05) is 24.3 Å². The van der Waals surface area contributed by atoms with E-state index in [0.29, 0.717) is 17.0 Å². The lowest BCUT2D eigenvalue weighted by molar-refractivity contribution is -0.384. The fourth-order valence-corrected chi connectivity index (χ4v) is 5.03. The molecule has 4 rings (SSSR count). The topological polar surface area (TPSA) is 123 Å². The number of esters is 1. The van der Waals surface area contributed by atoms with Crippen LogP contribution in [0.2, 0.25) is 0 Å². The number of nitro benzene ring substituents is 1. The highest BCUT2D eigenvalue weighted by atomic mass is 16.6. The number of ketones is 1. The molecule has 0 spiro atoms. The zero-order valence-electron chi connectivity index (χ0n) is 18.2. The number of anilines is 1. The van der Waals surface area contributed by atoms with Crippen molar-refractivity contribution in [2.24, 2.45) is 5.41 Å². The van der Waals surface area contributed by atoms with Crippen molar-refractivity contribution in [1.82, 2.24) is 0 Å². The van der Waals surface area contributed by atoms with Crippen molar-refractivity contribution in [1.29, 1.82) is 5.26 Å². The Bertz CT molecular complexity index is 1220. The van der Waals surface area contributed by atoms with Gasteiger partial charge in [0.25, 0.3) is 5.69 Å². The van der Waals surface area contributed by atoms with E-state index in [2.05, 4.69) is 6.07 Å². The summed E-state index contributed by atoms with van der Waals surface area (Å²) >= 11 is 0. The highest BCUT2D eigenvalue weighted by molar-refractivity contribution is 5.96. The number of nitriles is 1. The highest BCUT2D eigenvalue weighted by Crippen LogP contribution is 2.56. The minimum atomic E-state index is -1.75. The number of fused-ring (bicyclic) bond motifs is 3. The van der Waals surface area contributed by atoms with Gasteiger partial charge in [-0.05, 0) is 30.7 Å². The van der Waals surface area contributed by atoms with Crippen LogP contribution in [0.3, 0.4) is 0 Å². The second kappa shape index (κ2) is 8.06. The van der Waals surface area contributed by atoms with Crippen LogP contribution in [0.4, 0.5) is 11.4 Å². The van der Waals surface area contributed by atoms with Crippen LogP contribution in [0, 0.1) is 26.9 Å². The Balaban J connectivity index is 1.98. The lowest BCUT2D eigenvalue weighted by atomic mass is 9.68. The molecule has 1 unspecified atom stereocenters. The molecule has 1 saturated heterocycles. The van der Waals surface area contributed by atoms with E-state index in [9.17, 15) is 25.0 Å². The van der Waals surface area contributed by atoms with Gasteiger partial charge in [-0.25, -0.2) is 0 Å². The molecule has 0 radical (unpaired) electrons. The van der Waals surface area contributed by atoms with E-state index in [4.69, 9.17) is 9.47 Å². The van der Waals surface area contributed by atoms with Crippen LogP contribution in [0.15, 0.2) is 48.5 Å². The summed E-state index contributed by atoms with van der Waals surface area (Å²) in [6, 6.07) is 11.4. The van der Waals surface area contributed by atoms with Gasteiger partial charge in [0, 0.05) is 29.3 Å². The van der Waals surface area contributed by atoms with Crippen LogP contribution in [-0.4, -0.2) is 43.0 Å². The summed E-state index contributed by atoms with van der Waals surface area (Å²) in [7, 11) is 2.75. The minimum Gasteiger partial charge on any atom is -0.497 e. The fourth-order valence-electron chi connectivity index (χ4n) is 5.03. The van der Waals surface area contributed by atoms with Crippen LogP contribution < -0.4 is 9.64 Å². The molecule has 2 aliphatic rings. The molecule has 2 aromatic rings. The maximum absolute atomic E-state index is 13.2. The smallest absolute Gasteiger partial charge is 0.329 e. The number of carbonyl (C=O) groups is 2. The number of non-ortho nitro benzene ring substituents is 1. The number of nitrogens with zero attached hydrogens (tertiary/aromatic N) is 3. The molecule has 33 heavy (non-hydrogen) atoms. The third-order valence-electron chi connectivity index (χ3n) is 6.43. The molecule has 0 N–H and O–H groups in total.